The Balaban J connectivity index is 3.76. The van der Waals surface area contributed by atoms with Crippen LogP contribution >= 0.6 is 0 Å². The third kappa shape index (κ3) is 20.7. The van der Waals surface area contributed by atoms with Crippen molar-refractivity contribution in [1.82, 2.24) is 0 Å². The van der Waals surface area contributed by atoms with Crippen LogP contribution in [0.4, 0.5) is 0 Å². The highest BCUT2D eigenvalue weighted by atomic mass is 27.2. The van der Waals surface area contributed by atoms with Gasteiger partial charge in [0.05, 0.1) is 0 Å². The lowest BCUT2D eigenvalue weighted by Gasteiger charge is -2.12. The molecule has 0 bridgehead atoms. The van der Waals surface area contributed by atoms with Crippen LogP contribution in [0.2, 0.25) is 15.8 Å². The first-order chi connectivity index (χ1) is 12.3. The molecule has 0 aliphatic rings. The standard InChI is InChI=1S/3C8H17.Al/c3*1-3-5-7-8-6-4-2;/h3*1,3-8H2,2H3;. The van der Waals surface area contributed by atoms with E-state index in [1.807, 2.05) is 0 Å². The summed E-state index contributed by atoms with van der Waals surface area (Å²) >= 11 is -0.410. The van der Waals surface area contributed by atoms with Crippen LogP contribution < -0.4 is 0 Å². The Hall–Kier alpha value is 0.532. The Morgan fingerprint density at radius 1 is 0.320 bits per heavy atom. The molecule has 0 aliphatic carbocycles. The molecule has 0 nitrogen and oxygen atoms in total. The lowest BCUT2D eigenvalue weighted by molar-refractivity contribution is 0.610. The van der Waals surface area contributed by atoms with Gasteiger partial charge in [0.25, 0.3) is 14.1 Å². The molecule has 0 saturated heterocycles. The Labute approximate surface area is 166 Å². The molecule has 25 heavy (non-hydrogen) atoms. The van der Waals surface area contributed by atoms with Gasteiger partial charge in [-0.15, -0.1) is 0 Å². The Morgan fingerprint density at radius 2 is 0.560 bits per heavy atom. The summed E-state index contributed by atoms with van der Waals surface area (Å²) in [6.45, 7) is 6.97. The minimum absolute atomic E-state index is 0.410. The van der Waals surface area contributed by atoms with Crippen LogP contribution in [0.15, 0.2) is 0 Å². The van der Waals surface area contributed by atoms with Gasteiger partial charge < -0.3 is 0 Å². The summed E-state index contributed by atoms with van der Waals surface area (Å²) in [5.74, 6) is 0. The van der Waals surface area contributed by atoms with Crippen LogP contribution in [0.1, 0.15) is 136 Å². The monoisotopic (exact) mass is 366 g/mol. The van der Waals surface area contributed by atoms with Gasteiger partial charge in [-0.05, 0) is 0 Å². The first-order valence-electron chi connectivity index (χ1n) is 12.3. The van der Waals surface area contributed by atoms with Gasteiger partial charge in [-0.2, -0.15) is 0 Å². The van der Waals surface area contributed by atoms with E-state index in [1.165, 1.54) is 96.3 Å². The zero-order chi connectivity index (χ0) is 18.4. The van der Waals surface area contributed by atoms with Crippen LogP contribution in [-0.2, 0) is 0 Å². The van der Waals surface area contributed by atoms with Crippen molar-refractivity contribution in [2.75, 3.05) is 0 Å². The number of rotatable bonds is 21. The molecular weight excluding hydrogens is 315 g/mol. The molecule has 0 amide bonds. The topological polar surface area (TPSA) is 0 Å². The van der Waals surface area contributed by atoms with Crippen LogP contribution in [0.5, 0.6) is 0 Å². The average molecular weight is 367 g/mol. The third-order valence-corrected chi connectivity index (χ3v) is 9.57. The Kier molecular flexibility index (Phi) is 23.1. The highest BCUT2D eigenvalue weighted by Crippen LogP contribution is 2.20. The summed E-state index contributed by atoms with van der Waals surface area (Å²) in [4.78, 5) is 0. The van der Waals surface area contributed by atoms with E-state index in [0.717, 1.165) is 0 Å². The minimum Gasteiger partial charge on any atom is -0.0939 e. The van der Waals surface area contributed by atoms with Gasteiger partial charge in [0.1, 0.15) is 0 Å². The maximum atomic E-state index is 2.32. The molecule has 0 rings (SSSR count). The Morgan fingerprint density at radius 3 is 0.840 bits per heavy atom. The number of hydrogen-bond acceptors (Lipinski definition) is 0. The van der Waals surface area contributed by atoms with Crippen molar-refractivity contribution in [2.24, 2.45) is 0 Å². The van der Waals surface area contributed by atoms with E-state index in [-0.39, 0.29) is 0 Å². The van der Waals surface area contributed by atoms with Crippen molar-refractivity contribution < 1.29 is 0 Å². The molecule has 0 aromatic rings. The molecule has 0 N–H and O–H groups in total. The van der Waals surface area contributed by atoms with Crippen molar-refractivity contribution in [2.45, 2.75) is 152 Å². The quantitative estimate of drug-likeness (QED) is 0.140. The van der Waals surface area contributed by atoms with E-state index in [4.69, 9.17) is 0 Å². The zero-order valence-corrected chi connectivity index (χ0v) is 19.6. The van der Waals surface area contributed by atoms with E-state index in [1.54, 1.807) is 35.1 Å². The molecule has 150 valence electrons. The van der Waals surface area contributed by atoms with Crippen LogP contribution in [0.3, 0.4) is 0 Å². The van der Waals surface area contributed by atoms with E-state index < -0.39 is 14.1 Å². The fraction of sp³-hybridized carbons (Fsp3) is 1.00. The minimum atomic E-state index is -0.410. The normalized spacial score (nSPS) is 11.2. The molecule has 1 heteroatoms. The summed E-state index contributed by atoms with van der Waals surface area (Å²) in [5.41, 5.74) is 0. The predicted molar refractivity (Wildman–Crippen MR) is 120 cm³/mol. The Bertz CT molecular complexity index is 188. The van der Waals surface area contributed by atoms with Crippen molar-refractivity contribution in [3.63, 3.8) is 0 Å². The van der Waals surface area contributed by atoms with Crippen molar-refractivity contribution >= 4 is 14.1 Å². The van der Waals surface area contributed by atoms with Gasteiger partial charge >= 0.3 is 0 Å². The molecule has 0 saturated carbocycles. The maximum Gasteiger partial charge on any atom is 0.261 e. The van der Waals surface area contributed by atoms with Gasteiger partial charge in [-0.3, -0.25) is 0 Å². The van der Waals surface area contributed by atoms with E-state index in [2.05, 4.69) is 20.8 Å². The van der Waals surface area contributed by atoms with Crippen LogP contribution in [-0.4, -0.2) is 14.1 Å². The zero-order valence-electron chi connectivity index (χ0n) is 18.4. The second kappa shape index (κ2) is 22.6. The first kappa shape index (κ1) is 25.5. The van der Waals surface area contributed by atoms with Gasteiger partial charge in [-0.25, -0.2) is 0 Å². The smallest absolute Gasteiger partial charge is 0.0939 e. The molecular formula is C24H51Al. The molecule has 0 aromatic heterocycles. The molecule has 0 aliphatic heterocycles. The molecule has 0 aromatic carbocycles. The average Bonchev–Trinajstić information content (AvgIpc) is 2.63. The van der Waals surface area contributed by atoms with Gasteiger partial charge in [-0.1, -0.05) is 152 Å². The van der Waals surface area contributed by atoms with Gasteiger partial charge in [0.2, 0.25) is 0 Å². The highest BCUT2D eigenvalue weighted by molar-refractivity contribution is 6.58. The van der Waals surface area contributed by atoms with Crippen molar-refractivity contribution in [3.05, 3.63) is 0 Å². The van der Waals surface area contributed by atoms with Crippen LogP contribution in [0.25, 0.3) is 0 Å². The fourth-order valence-corrected chi connectivity index (χ4v) is 7.54. The first-order valence-corrected chi connectivity index (χ1v) is 14.8. The van der Waals surface area contributed by atoms with E-state index in [0.29, 0.717) is 0 Å². The highest BCUT2D eigenvalue weighted by Gasteiger charge is 2.15. The fourth-order valence-electron chi connectivity index (χ4n) is 4.07. The predicted octanol–water partition coefficient (Wildman–Crippen LogP) is 9.56. The summed E-state index contributed by atoms with van der Waals surface area (Å²) in [6.07, 6.45) is 26.7. The van der Waals surface area contributed by atoms with Gasteiger partial charge in [0, 0.05) is 0 Å². The second-order valence-electron chi connectivity index (χ2n) is 8.54. The summed E-state index contributed by atoms with van der Waals surface area (Å²) in [7, 11) is 0. The summed E-state index contributed by atoms with van der Waals surface area (Å²) in [5, 5.41) is 4.99. The van der Waals surface area contributed by atoms with E-state index in [9.17, 15) is 0 Å². The third-order valence-electron chi connectivity index (χ3n) is 5.90. The SMILES string of the molecule is CCCCCCC[CH2][Al]([CH2]CCCCCCC)[CH2]CCCCCCC. The molecule has 0 radical (unpaired) electrons. The lowest BCUT2D eigenvalue weighted by Crippen LogP contribution is -2.12. The largest absolute Gasteiger partial charge is 0.261 e. The van der Waals surface area contributed by atoms with Crippen LogP contribution in [0, 0.1) is 0 Å². The summed E-state index contributed by atoms with van der Waals surface area (Å²) in [6, 6.07) is 0. The molecule has 0 spiro atoms. The second-order valence-corrected chi connectivity index (χ2v) is 12.0. The van der Waals surface area contributed by atoms with Crippen molar-refractivity contribution in [1.29, 1.82) is 0 Å². The lowest BCUT2D eigenvalue weighted by atomic mass is 10.1. The van der Waals surface area contributed by atoms with Crippen molar-refractivity contribution in [3.8, 4) is 0 Å². The van der Waals surface area contributed by atoms with E-state index >= 15 is 0 Å². The molecule has 0 heterocycles. The summed E-state index contributed by atoms with van der Waals surface area (Å²) < 4.78 is 0. The molecule has 0 atom stereocenters. The molecule has 0 fully saturated rings. The number of hydrogen-bond donors (Lipinski definition) is 0. The molecule has 0 unspecified atom stereocenters. The maximum absolute atomic E-state index is 2.32. The number of unbranched alkanes of at least 4 members (excludes halogenated alkanes) is 15. The van der Waals surface area contributed by atoms with Gasteiger partial charge in [0.15, 0.2) is 0 Å².